The summed E-state index contributed by atoms with van der Waals surface area (Å²) in [5.74, 6) is 0.848. The van der Waals surface area contributed by atoms with E-state index in [1.54, 1.807) is 12.4 Å². The van der Waals surface area contributed by atoms with Crippen LogP contribution in [0.15, 0.2) is 18.5 Å². The van der Waals surface area contributed by atoms with E-state index in [0.29, 0.717) is 0 Å². The molecule has 1 aliphatic heterocycles. The molecule has 0 atom stereocenters. The average molecular weight is 148 g/mol. The lowest BCUT2D eigenvalue weighted by Crippen LogP contribution is -2.19. The zero-order chi connectivity index (χ0) is 7.52. The van der Waals surface area contributed by atoms with E-state index in [1.165, 1.54) is 0 Å². The molecule has 0 aromatic carbocycles. The van der Waals surface area contributed by atoms with Gasteiger partial charge in [-0.05, 0) is 18.9 Å². The lowest BCUT2D eigenvalue weighted by Gasteiger charge is -2.13. The maximum atomic E-state index is 4.16. The van der Waals surface area contributed by atoms with Gasteiger partial charge >= 0.3 is 0 Å². The van der Waals surface area contributed by atoms with Crippen molar-refractivity contribution in [2.75, 3.05) is 18.0 Å². The molecule has 3 nitrogen and oxygen atoms in total. The van der Waals surface area contributed by atoms with Crippen molar-refractivity contribution in [1.29, 1.82) is 0 Å². The molecule has 11 heavy (non-hydrogen) atoms. The average Bonchev–Trinajstić information content (AvgIpc) is 2.58. The van der Waals surface area contributed by atoms with Crippen LogP contribution in [0.4, 0.5) is 5.95 Å². The number of aromatic nitrogens is 2. The minimum absolute atomic E-state index is 0.848. The third-order valence-electron chi connectivity index (χ3n) is 1.79. The predicted octanol–water partition coefficient (Wildman–Crippen LogP) is 0.891. The zero-order valence-electron chi connectivity index (χ0n) is 6.27. The molecule has 1 aromatic heterocycles. The lowest BCUT2D eigenvalue weighted by atomic mass is 10.4. The lowest BCUT2D eigenvalue weighted by molar-refractivity contribution is 0.901. The molecule has 0 amide bonds. The molecule has 2 heterocycles. The van der Waals surface area contributed by atoms with Crippen molar-refractivity contribution in [3.8, 4) is 0 Å². The van der Waals surface area contributed by atoms with Gasteiger partial charge in [-0.15, -0.1) is 0 Å². The Kier molecular flexibility index (Phi) is 1.71. The second-order valence-electron chi connectivity index (χ2n) is 2.57. The van der Waals surface area contributed by atoms with Crippen molar-refractivity contribution < 1.29 is 0 Å². The van der Waals surface area contributed by atoms with Crippen LogP contribution in [0.25, 0.3) is 0 Å². The molecule has 0 spiro atoms. The van der Waals surface area contributed by atoms with Crippen molar-refractivity contribution in [2.24, 2.45) is 0 Å². The van der Waals surface area contributed by atoms with Crippen LogP contribution in [0.5, 0.6) is 0 Å². The molecule has 1 aromatic rings. The van der Waals surface area contributed by atoms with Crippen LogP contribution >= 0.6 is 0 Å². The summed E-state index contributed by atoms with van der Waals surface area (Å²) in [5, 5.41) is 0. The highest BCUT2D eigenvalue weighted by molar-refractivity contribution is 5.31. The molecule has 0 aliphatic carbocycles. The van der Waals surface area contributed by atoms with E-state index in [4.69, 9.17) is 0 Å². The first-order valence-corrected chi connectivity index (χ1v) is 3.80. The van der Waals surface area contributed by atoms with Crippen molar-refractivity contribution in [2.45, 2.75) is 6.42 Å². The van der Waals surface area contributed by atoms with E-state index in [1.807, 2.05) is 6.07 Å². The number of hydrogen-bond donors (Lipinski definition) is 0. The van der Waals surface area contributed by atoms with Crippen molar-refractivity contribution >= 4 is 5.95 Å². The van der Waals surface area contributed by atoms with Crippen molar-refractivity contribution in [1.82, 2.24) is 9.97 Å². The Morgan fingerprint density at radius 1 is 1.27 bits per heavy atom. The number of hydrogen-bond acceptors (Lipinski definition) is 3. The SMILES string of the molecule is [CH]1CCN(c2ncccn2)C1. The minimum Gasteiger partial charge on any atom is -0.341 e. The Labute approximate surface area is 66.1 Å². The zero-order valence-corrected chi connectivity index (χ0v) is 6.27. The van der Waals surface area contributed by atoms with E-state index in [-0.39, 0.29) is 0 Å². The van der Waals surface area contributed by atoms with Crippen LogP contribution in [0.3, 0.4) is 0 Å². The summed E-state index contributed by atoms with van der Waals surface area (Å²) in [7, 11) is 0. The summed E-state index contributed by atoms with van der Waals surface area (Å²) < 4.78 is 0. The normalized spacial score (nSPS) is 17.3. The monoisotopic (exact) mass is 148 g/mol. The van der Waals surface area contributed by atoms with Crippen molar-refractivity contribution in [3.63, 3.8) is 0 Å². The molecular formula is C8H10N3. The van der Waals surface area contributed by atoms with Crippen LogP contribution in [0.2, 0.25) is 0 Å². The van der Waals surface area contributed by atoms with Gasteiger partial charge in [0.2, 0.25) is 5.95 Å². The van der Waals surface area contributed by atoms with Crippen molar-refractivity contribution in [3.05, 3.63) is 24.9 Å². The molecule has 0 bridgehead atoms. The van der Waals surface area contributed by atoms with E-state index in [2.05, 4.69) is 21.3 Å². The van der Waals surface area contributed by atoms with Gasteiger partial charge in [-0.1, -0.05) is 0 Å². The fourth-order valence-electron chi connectivity index (χ4n) is 1.22. The van der Waals surface area contributed by atoms with Gasteiger partial charge in [0.05, 0.1) is 0 Å². The predicted molar refractivity (Wildman–Crippen MR) is 43.2 cm³/mol. The first kappa shape index (κ1) is 6.58. The number of anilines is 1. The van der Waals surface area contributed by atoms with Gasteiger partial charge in [0.1, 0.15) is 0 Å². The van der Waals surface area contributed by atoms with Gasteiger partial charge in [0.25, 0.3) is 0 Å². The van der Waals surface area contributed by atoms with Gasteiger partial charge in [0, 0.05) is 25.5 Å². The fraction of sp³-hybridized carbons (Fsp3) is 0.375. The maximum Gasteiger partial charge on any atom is 0.225 e. The summed E-state index contributed by atoms with van der Waals surface area (Å²) in [5.41, 5.74) is 0. The van der Waals surface area contributed by atoms with Crippen LogP contribution in [0, 0.1) is 6.42 Å². The maximum absolute atomic E-state index is 4.16. The molecule has 3 heteroatoms. The number of rotatable bonds is 1. The standard InChI is InChI=1S/C8H10N3/c1-2-7-11(6-1)8-9-4-3-5-10-8/h1,3-5H,2,6-7H2. The largest absolute Gasteiger partial charge is 0.341 e. The highest BCUT2D eigenvalue weighted by Gasteiger charge is 2.13. The van der Waals surface area contributed by atoms with Crippen LogP contribution in [0.1, 0.15) is 6.42 Å². The van der Waals surface area contributed by atoms with Crippen LogP contribution in [-0.4, -0.2) is 23.1 Å². The van der Waals surface area contributed by atoms with Gasteiger partial charge < -0.3 is 4.90 Å². The fourth-order valence-corrected chi connectivity index (χ4v) is 1.22. The van der Waals surface area contributed by atoms with E-state index in [0.717, 1.165) is 25.5 Å². The van der Waals surface area contributed by atoms with Gasteiger partial charge in [0.15, 0.2) is 0 Å². The van der Waals surface area contributed by atoms with Crippen LogP contribution < -0.4 is 4.90 Å². The summed E-state index contributed by atoms with van der Waals surface area (Å²) in [6.07, 6.45) is 6.95. The molecule has 2 rings (SSSR count). The Bertz CT molecular complexity index is 216. The van der Waals surface area contributed by atoms with E-state index in [9.17, 15) is 0 Å². The highest BCUT2D eigenvalue weighted by atomic mass is 15.3. The van der Waals surface area contributed by atoms with Crippen LogP contribution in [-0.2, 0) is 0 Å². The summed E-state index contributed by atoms with van der Waals surface area (Å²) in [6.45, 7) is 2.05. The molecule has 1 fully saturated rings. The van der Waals surface area contributed by atoms with Gasteiger partial charge in [-0.3, -0.25) is 0 Å². The van der Waals surface area contributed by atoms with Gasteiger partial charge in [-0.25, -0.2) is 9.97 Å². The number of nitrogens with zero attached hydrogens (tertiary/aromatic N) is 3. The molecule has 57 valence electrons. The highest BCUT2D eigenvalue weighted by Crippen LogP contribution is 2.12. The minimum atomic E-state index is 0.848. The molecule has 0 unspecified atom stereocenters. The van der Waals surface area contributed by atoms with E-state index < -0.39 is 0 Å². The second kappa shape index (κ2) is 2.86. The topological polar surface area (TPSA) is 29.0 Å². The molecule has 0 N–H and O–H groups in total. The Morgan fingerprint density at radius 2 is 2.09 bits per heavy atom. The summed E-state index contributed by atoms with van der Waals surface area (Å²) >= 11 is 0. The van der Waals surface area contributed by atoms with E-state index >= 15 is 0 Å². The Morgan fingerprint density at radius 3 is 2.73 bits per heavy atom. The summed E-state index contributed by atoms with van der Waals surface area (Å²) in [4.78, 5) is 10.5. The molecular weight excluding hydrogens is 138 g/mol. The third-order valence-corrected chi connectivity index (χ3v) is 1.79. The quantitative estimate of drug-likeness (QED) is 0.592. The molecule has 1 aliphatic rings. The third kappa shape index (κ3) is 1.31. The first-order valence-electron chi connectivity index (χ1n) is 3.80. The Balaban J connectivity index is 2.16. The first-order chi connectivity index (χ1) is 5.47. The Hall–Kier alpha value is -1.12. The second-order valence-corrected chi connectivity index (χ2v) is 2.57. The smallest absolute Gasteiger partial charge is 0.225 e. The molecule has 0 saturated carbocycles. The summed E-state index contributed by atoms with van der Waals surface area (Å²) in [6, 6.07) is 1.84. The van der Waals surface area contributed by atoms with Gasteiger partial charge in [-0.2, -0.15) is 0 Å². The molecule has 1 saturated heterocycles. The molecule has 1 radical (unpaired) electrons.